The van der Waals surface area contributed by atoms with Crippen molar-refractivity contribution in [1.29, 1.82) is 0 Å². The molecule has 1 aliphatic carbocycles. The van der Waals surface area contributed by atoms with Crippen LogP contribution in [0.15, 0.2) is 30.6 Å². The number of likely N-dealkylation sites (tertiary alicyclic amines) is 1. The summed E-state index contributed by atoms with van der Waals surface area (Å²) < 4.78 is 28.1. The van der Waals surface area contributed by atoms with Crippen molar-refractivity contribution in [2.24, 2.45) is 5.92 Å². The average Bonchev–Trinajstić information content (AvgIpc) is 3.35. The highest BCUT2D eigenvalue weighted by molar-refractivity contribution is 5.90. The fraction of sp³-hybridized carbons (Fsp3) is 0.435. The second kappa shape index (κ2) is 6.87. The maximum Gasteiger partial charge on any atom is 0.414 e. The molecule has 0 spiro atoms. The Hall–Kier alpha value is -2.89. The van der Waals surface area contributed by atoms with E-state index in [1.165, 1.54) is 5.56 Å². The Morgan fingerprint density at radius 3 is 2.97 bits per heavy atom. The molecule has 6 heteroatoms. The Labute approximate surface area is 174 Å². The highest BCUT2D eigenvalue weighted by atomic mass is 16.6. The Bertz CT molecular complexity index is 1100. The highest BCUT2D eigenvalue weighted by Crippen LogP contribution is 2.43. The lowest BCUT2D eigenvalue weighted by Crippen LogP contribution is -2.31. The summed E-state index contributed by atoms with van der Waals surface area (Å²) >= 11 is 0. The molecule has 0 bridgehead atoms. The van der Waals surface area contributed by atoms with Crippen molar-refractivity contribution in [3.8, 4) is 11.1 Å². The number of hydrogen-bond acceptors (Lipinski definition) is 4. The van der Waals surface area contributed by atoms with Gasteiger partial charge in [0.2, 0.25) is 5.91 Å². The lowest BCUT2D eigenvalue weighted by molar-refractivity contribution is -0.133. The second-order valence-electron chi connectivity index (χ2n) is 7.97. The fourth-order valence-electron chi connectivity index (χ4n) is 4.92. The molecule has 29 heavy (non-hydrogen) atoms. The van der Waals surface area contributed by atoms with Crippen LogP contribution >= 0.6 is 0 Å². The molecular weight excluding hydrogens is 366 g/mol. The van der Waals surface area contributed by atoms with Gasteiger partial charge in [-0.3, -0.25) is 14.7 Å². The van der Waals surface area contributed by atoms with E-state index in [1.807, 2.05) is 29.4 Å². The standard InChI is InChI=1S/C23H25N3O3/c1-3-14-8-9-26(22(14)27)21-7-5-17-18(11-24-12-19(17)21)15-4-6-20-16(10-15)13-29-23(28)25(20)2/h4,6,10-12,14,21H,3,5,7-9,13H2,1-2H3/t14-,21+/m0/s1/i2D3. The largest absolute Gasteiger partial charge is 0.444 e. The SMILES string of the molecule is [2H]C([2H])([2H])N1C(=O)OCc2cc(-c3cncc4c3CC[C@H]4N3CC[C@H](CC)C3=O)ccc21. The van der Waals surface area contributed by atoms with Gasteiger partial charge in [0.05, 0.1) is 11.7 Å². The van der Waals surface area contributed by atoms with E-state index in [0.29, 0.717) is 11.3 Å². The number of benzene rings is 1. The number of ether oxygens (including phenoxy) is 1. The quantitative estimate of drug-likeness (QED) is 0.787. The monoisotopic (exact) mass is 394 g/mol. The van der Waals surface area contributed by atoms with E-state index in [0.717, 1.165) is 53.8 Å². The lowest BCUT2D eigenvalue weighted by Gasteiger charge is -2.26. The molecule has 0 unspecified atom stereocenters. The first-order valence-electron chi connectivity index (χ1n) is 11.7. The molecule has 150 valence electrons. The van der Waals surface area contributed by atoms with E-state index >= 15 is 0 Å². The molecular formula is C23H25N3O3. The Morgan fingerprint density at radius 2 is 2.17 bits per heavy atom. The molecule has 5 rings (SSSR count). The van der Waals surface area contributed by atoms with Gasteiger partial charge in [0.15, 0.2) is 0 Å². The summed E-state index contributed by atoms with van der Waals surface area (Å²) in [5.74, 6) is 0.371. The molecule has 2 amide bonds. The van der Waals surface area contributed by atoms with Crippen LogP contribution < -0.4 is 4.90 Å². The minimum Gasteiger partial charge on any atom is -0.444 e. The summed E-state index contributed by atoms with van der Waals surface area (Å²) in [6.07, 6.45) is 6.35. The summed E-state index contributed by atoms with van der Waals surface area (Å²) in [5, 5.41) is 0. The third kappa shape index (κ3) is 2.81. The minimum absolute atomic E-state index is 0.0281. The second-order valence-corrected chi connectivity index (χ2v) is 7.97. The number of carbonyl (C=O) groups is 2. The molecule has 1 fully saturated rings. The number of cyclic esters (lactones) is 1. The van der Waals surface area contributed by atoms with E-state index in [9.17, 15) is 9.59 Å². The molecule has 2 atom stereocenters. The molecule has 6 nitrogen and oxygen atoms in total. The zero-order valence-electron chi connectivity index (χ0n) is 19.4. The highest BCUT2D eigenvalue weighted by Gasteiger charge is 2.39. The van der Waals surface area contributed by atoms with Gasteiger partial charge in [0, 0.05) is 47.1 Å². The zero-order valence-corrected chi connectivity index (χ0v) is 16.4. The predicted molar refractivity (Wildman–Crippen MR) is 109 cm³/mol. The first-order chi connectivity index (χ1) is 15.3. The van der Waals surface area contributed by atoms with E-state index in [4.69, 9.17) is 8.85 Å². The maximum absolute atomic E-state index is 12.8. The van der Waals surface area contributed by atoms with E-state index in [1.54, 1.807) is 6.07 Å². The van der Waals surface area contributed by atoms with Gasteiger partial charge in [-0.25, -0.2) is 4.79 Å². The van der Waals surface area contributed by atoms with Crippen molar-refractivity contribution in [1.82, 2.24) is 9.88 Å². The summed E-state index contributed by atoms with van der Waals surface area (Å²) in [4.78, 5) is 32.1. The molecule has 1 saturated heterocycles. The van der Waals surface area contributed by atoms with Gasteiger partial charge in [-0.05, 0) is 54.5 Å². The zero-order chi connectivity index (χ0) is 22.6. The molecule has 3 aliphatic rings. The molecule has 2 aliphatic heterocycles. The van der Waals surface area contributed by atoms with Crippen LogP contribution in [0.2, 0.25) is 0 Å². The van der Waals surface area contributed by atoms with Crippen molar-refractivity contribution in [3.63, 3.8) is 0 Å². The lowest BCUT2D eigenvalue weighted by atomic mass is 9.96. The summed E-state index contributed by atoms with van der Waals surface area (Å²) in [6, 6.07) is 5.43. The van der Waals surface area contributed by atoms with Crippen LogP contribution in [0.3, 0.4) is 0 Å². The van der Waals surface area contributed by atoms with Gasteiger partial charge < -0.3 is 9.64 Å². The van der Waals surface area contributed by atoms with Gasteiger partial charge in [0.1, 0.15) is 6.61 Å². The number of hydrogen-bond donors (Lipinski definition) is 0. The molecule has 2 aromatic rings. The molecule has 1 aromatic carbocycles. The number of carbonyl (C=O) groups excluding carboxylic acids is 2. The van der Waals surface area contributed by atoms with Crippen molar-refractivity contribution >= 4 is 17.7 Å². The summed E-state index contributed by atoms with van der Waals surface area (Å²) in [6.45, 7) is 0.269. The minimum atomic E-state index is -2.62. The van der Waals surface area contributed by atoms with Crippen LogP contribution in [0.5, 0.6) is 0 Å². The normalized spacial score (nSPS) is 25.2. The van der Waals surface area contributed by atoms with Crippen LogP contribution in [-0.2, 0) is 22.6 Å². The number of fused-ring (bicyclic) bond motifs is 2. The third-order valence-electron chi connectivity index (χ3n) is 6.50. The van der Waals surface area contributed by atoms with Gasteiger partial charge in [0.25, 0.3) is 0 Å². The van der Waals surface area contributed by atoms with Crippen LogP contribution in [0.4, 0.5) is 10.5 Å². The van der Waals surface area contributed by atoms with Crippen molar-refractivity contribution in [2.75, 3.05) is 18.4 Å². The van der Waals surface area contributed by atoms with E-state index < -0.39 is 13.1 Å². The average molecular weight is 394 g/mol. The topological polar surface area (TPSA) is 62.7 Å². The molecule has 3 heterocycles. The van der Waals surface area contributed by atoms with Crippen LogP contribution in [0.1, 0.15) is 53.0 Å². The number of nitrogens with zero attached hydrogens (tertiary/aromatic N) is 3. The van der Waals surface area contributed by atoms with E-state index in [2.05, 4.69) is 11.9 Å². The molecule has 0 N–H and O–H groups in total. The van der Waals surface area contributed by atoms with Crippen molar-refractivity contribution < 1.29 is 18.4 Å². The predicted octanol–water partition coefficient (Wildman–Crippen LogP) is 4.08. The third-order valence-corrected chi connectivity index (χ3v) is 6.50. The molecule has 0 saturated carbocycles. The van der Waals surface area contributed by atoms with Gasteiger partial charge >= 0.3 is 6.09 Å². The van der Waals surface area contributed by atoms with E-state index in [-0.39, 0.29) is 24.5 Å². The smallest absolute Gasteiger partial charge is 0.414 e. The first-order valence-corrected chi connectivity index (χ1v) is 10.2. The summed E-state index contributed by atoms with van der Waals surface area (Å²) in [7, 11) is 0. The molecule has 1 aromatic heterocycles. The number of rotatable bonds is 3. The fourth-order valence-corrected chi connectivity index (χ4v) is 4.92. The first kappa shape index (κ1) is 15.0. The van der Waals surface area contributed by atoms with Crippen LogP contribution in [0.25, 0.3) is 11.1 Å². The Kier molecular flexibility index (Phi) is 3.55. The van der Waals surface area contributed by atoms with Crippen molar-refractivity contribution in [3.05, 3.63) is 47.3 Å². The van der Waals surface area contributed by atoms with Crippen LogP contribution in [0, 0.1) is 5.92 Å². The van der Waals surface area contributed by atoms with Gasteiger partial charge in [-0.2, -0.15) is 0 Å². The van der Waals surface area contributed by atoms with Gasteiger partial charge in [-0.15, -0.1) is 0 Å². The van der Waals surface area contributed by atoms with Crippen molar-refractivity contribution in [2.45, 2.75) is 45.3 Å². The number of anilines is 1. The maximum atomic E-state index is 12.8. The summed E-state index contributed by atoms with van der Waals surface area (Å²) in [5.41, 5.74) is 5.14. The Morgan fingerprint density at radius 1 is 1.28 bits per heavy atom. The number of aromatic nitrogens is 1. The Balaban J connectivity index is 1.50. The van der Waals surface area contributed by atoms with Gasteiger partial charge in [-0.1, -0.05) is 13.0 Å². The molecule has 0 radical (unpaired) electrons. The van der Waals surface area contributed by atoms with Crippen LogP contribution in [-0.4, -0.2) is 35.4 Å². The number of amides is 2. The number of pyridine rings is 1.